The van der Waals surface area contributed by atoms with Gasteiger partial charge in [0.2, 0.25) is 0 Å². The second-order valence-corrected chi connectivity index (χ2v) is 7.95. The predicted octanol–water partition coefficient (Wildman–Crippen LogP) is 4.95. The fraction of sp³-hybridized carbons (Fsp3) is 0.179. The third-order valence-electron chi connectivity index (χ3n) is 5.73. The summed E-state index contributed by atoms with van der Waals surface area (Å²) < 4.78 is 5.53. The first-order valence-electron chi connectivity index (χ1n) is 11.3. The maximum Gasteiger partial charge on any atom is 0.328 e. The minimum atomic E-state index is -0.968. The zero-order chi connectivity index (χ0) is 23.9. The van der Waals surface area contributed by atoms with Crippen LogP contribution in [0.25, 0.3) is 17.2 Å². The predicted molar refractivity (Wildman–Crippen MR) is 135 cm³/mol. The van der Waals surface area contributed by atoms with Gasteiger partial charge in [0.1, 0.15) is 12.4 Å². The number of fused-ring (bicyclic) bond motifs is 1. The molecule has 3 aromatic rings. The lowest BCUT2D eigenvalue weighted by Gasteiger charge is -2.18. The van der Waals surface area contributed by atoms with Gasteiger partial charge in [-0.2, -0.15) is 0 Å². The molecule has 3 aromatic carbocycles. The van der Waals surface area contributed by atoms with E-state index in [9.17, 15) is 4.79 Å². The summed E-state index contributed by atoms with van der Waals surface area (Å²) in [6.45, 7) is 3.15. The van der Waals surface area contributed by atoms with E-state index in [2.05, 4.69) is 36.0 Å². The number of allylic oxidation sites excluding steroid dienone is 1. The van der Waals surface area contributed by atoms with E-state index in [1.54, 1.807) is 6.08 Å². The third-order valence-corrected chi connectivity index (χ3v) is 5.73. The highest BCUT2D eigenvalue weighted by atomic mass is 16.5. The monoisotopic (exact) mass is 456 g/mol. The van der Waals surface area contributed by atoms with E-state index in [4.69, 9.17) is 14.9 Å². The van der Waals surface area contributed by atoms with Crippen molar-refractivity contribution in [3.63, 3.8) is 0 Å². The second kappa shape index (κ2) is 10.8. The Labute approximate surface area is 199 Å². The number of hydrazine groups is 1. The summed E-state index contributed by atoms with van der Waals surface area (Å²) in [5, 5.41) is 17.9. The first-order valence-corrected chi connectivity index (χ1v) is 11.3. The van der Waals surface area contributed by atoms with Crippen LogP contribution in [0.5, 0.6) is 5.75 Å². The molecule has 4 rings (SSSR count). The number of nitrogens with one attached hydrogen (secondary N) is 2. The summed E-state index contributed by atoms with van der Waals surface area (Å²) in [4.78, 5) is 10.9. The van der Waals surface area contributed by atoms with E-state index in [-0.39, 0.29) is 13.2 Å². The number of ether oxygens (including phenoxy) is 1. The van der Waals surface area contributed by atoms with Crippen molar-refractivity contribution in [2.24, 2.45) is 0 Å². The van der Waals surface area contributed by atoms with Gasteiger partial charge in [0.05, 0.1) is 12.3 Å². The Bertz CT molecular complexity index is 1210. The molecule has 0 unspecified atom stereocenters. The molecule has 174 valence electrons. The fourth-order valence-electron chi connectivity index (χ4n) is 4.14. The topological polar surface area (TPSA) is 90.8 Å². The number of aliphatic hydroxyl groups excluding tert-OH is 1. The number of carboxylic acids is 1. The summed E-state index contributed by atoms with van der Waals surface area (Å²) >= 11 is 0. The zero-order valence-electron chi connectivity index (χ0n) is 19.0. The van der Waals surface area contributed by atoms with Crippen molar-refractivity contribution in [1.82, 2.24) is 5.43 Å². The van der Waals surface area contributed by atoms with Gasteiger partial charge in [0.15, 0.2) is 0 Å². The SMILES string of the molecule is CC/C(=C(/c1ccc(/C=C/C(=O)O)cc1)c1ccc2c(c1)CNN2)c1ccc(OCCO)cc1. The van der Waals surface area contributed by atoms with E-state index >= 15 is 0 Å². The normalized spacial score (nSPS) is 13.4. The van der Waals surface area contributed by atoms with E-state index in [1.807, 2.05) is 48.5 Å². The Hall–Kier alpha value is -3.87. The van der Waals surface area contributed by atoms with Crippen LogP contribution < -0.4 is 15.6 Å². The molecule has 0 bridgehead atoms. The van der Waals surface area contributed by atoms with Crippen molar-refractivity contribution in [2.45, 2.75) is 19.9 Å². The minimum Gasteiger partial charge on any atom is -0.491 e. The standard InChI is InChI=1S/C28H28N2O4/c1-2-25(20-8-11-24(12-9-20)34-16-15-31)28(22-10-13-26-23(17-22)18-29-30-26)21-6-3-19(4-7-21)5-14-27(32)33/h3-14,17,29-31H,2,15-16,18H2,1H3,(H,32,33)/b14-5+,28-25+. The minimum absolute atomic E-state index is 0.0221. The summed E-state index contributed by atoms with van der Waals surface area (Å²) in [5.41, 5.74) is 15.1. The summed E-state index contributed by atoms with van der Waals surface area (Å²) in [6.07, 6.45) is 3.55. The number of anilines is 1. The Morgan fingerprint density at radius 2 is 1.71 bits per heavy atom. The molecular weight excluding hydrogens is 428 g/mol. The molecule has 0 aliphatic carbocycles. The molecule has 1 aliphatic rings. The molecule has 0 amide bonds. The number of aliphatic carboxylic acids is 1. The summed E-state index contributed by atoms with van der Waals surface area (Å²) in [5.74, 6) is -0.247. The second-order valence-electron chi connectivity index (χ2n) is 7.95. The number of benzene rings is 3. The third kappa shape index (κ3) is 5.36. The van der Waals surface area contributed by atoms with E-state index < -0.39 is 5.97 Å². The van der Waals surface area contributed by atoms with Crippen LogP contribution in [0.4, 0.5) is 5.69 Å². The van der Waals surface area contributed by atoms with Gasteiger partial charge in [-0.15, -0.1) is 0 Å². The van der Waals surface area contributed by atoms with Crippen LogP contribution in [0, 0.1) is 0 Å². The molecule has 0 atom stereocenters. The smallest absolute Gasteiger partial charge is 0.328 e. The van der Waals surface area contributed by atoms with Crippen LogP contribution in [-0.4, -0.2) is 29.4 Å². The molecule has 1 heterocycles. The van der Waals surface area contributed by atoms with Gasteiger partial charge in [-0.05, 0) is 75.7 Å². The lowest BCUT2D eigenvalue weighted by atomic mass is 9.87. The maximum absolute atomic E-state index is 10.9. The van der Waals surface area contributed by atoms with Gasteiger partial charge in [-0.3, -0.25) is 0 Å². The molecule has 1 aliphatic heterocycles. The van der Waals surface area contributed by atoms with Crippen LogP contribution in [0.1, 0.15) is 41.2 Å². The molecule has 0 aromatic heterocycles. The molecule has 6 nitrogen and oxygen atoms in total. The Kier molecular flexibility index (Phi) is 7.42. The van der Waals surface area contributed by atoms with Crippen LogP contribution >= 0.6 is 0 Å². The van der Waals surface area contributed by atoms with Gasteiger partial charge in [0, 0.05) is 12.6 Å². The first-order chi connectivity index (χ1) is 16.6. The van der Waals surface area contributed by atoms with Crippen molar-refractivity contribution in [3.05, 3.63) is 101 Å². The molecule has 0 fully saturated rings. The van der Waals surface area contributed by atoms with Crippen molar-refractivity contribution < 1.29 is 19.7 Å². The maximum atomic E-state index is 10.9. The molecular formula is C28H28N2O4. The van der Waals surface area contributed by atoms with Crippen molar-refractivity contribution in [3.8, 4) is 5.75 Å². The van der Waals surface area contributed by atoms with Crippen molar-refractivity contribution in [1.29, 1.82) is 0 Å². The molecule has 0 saturated carbocycles. The van der Waals surface area contributed by atoms with Gasteiger partial charge < -0.3 is 20.4 Å². The lowest BCUT2D eigenvalue weighted by molar-refractivity contribution is -0.131. The average Bonchev–Trinajstić information content (AvgIpc) is 3.33. The number of hydrogen-bond acceptors (Lipinski definition) is 5. The van der Waals surface area contributed by atoms with Gasteiger partial charge in [0.25, 0.3) is 0 Å². The number of aliphatic hydroxyl groups is 1. The Balaban J connectivity index is 1.81. The number of carboxylic acid groups (broad SMARTS) is 1. The van der Waals surface area contributed by atoms with Gasteiger partial charge in [-0.25, -0.2) is 10.2 Å². The highest BCUT2D eigenvalue weighted by molar-refractivity contribution is 5.99. The lowest BCUT2D eigenvalue weighted by Crippen LogP contribution is -2.10. The van der Waals surface area contributed by atoms with E-state index in [1.165, 1.54) is 11.1 Å². The van der Waals surface area contributed by atoms with Gasteiger partial charge >= 0.3 is 5.97 Å². The van der Waals surface area contributed by atoms with Crippen molar-refractivity contribution in [2.75, 3.05) is 18.6 Å². The summed E-state index contributed by atoms with van der Waals surface area (Å²) in [7, 11) is 0. The average molecular weight is 457 g/mol. The first kappa shape index (κ1) is 23.3. The molecule has 0 saturated heterocycles. The highest BCUT2D eigenvalue weighted by Crippen LogP contribution is 2.37. The molecule has 6 heteroatoms. The van der Waals surface area contributed by atoms with Crippen molar-refractivity contribution >= 4 is 28.9 Å². The van der Waals surface area contributed by atoms with Crippen LogP contribution in [0.2, 0.25) is 0 Å². The number of carbonyl (C=O) groups is 1. The van der Waals surface area contributed by atoms with Crippen LogP contribution in [0.15, 0.2) is 72.8 Å². The highest BCUT2D eigenvalue weighted by Gasteiger charge is 2.17. The van der Waals surface area contributed by atoms with E-state index in [0.717, 1.165) is 58.3 Å². The van der Waals surface area contributed by atoms with Crippen LogP contribution in [-0.2, 0) is 11.3 Å². The molecule has 34 heavy (non-hydrogen) atoms. The molecule has 0 radical (unpaired) electrons. The fourth-order valence-corrected chi connectivity index (χ4v) is 4.14. The largest absolute Gasteiger partial charge is 0.491 e. The number of hydrogen-bond donors (Lipinski definition) is 4. The Morgan fingerprint density at radius 3 is 2.38 bits per heavy atom. The summed E-state index contributed by atoms with van der Waals surface area (Å²) in [6, 6.07) is 22.3. The molecule has 4 N–H and O–H groups in total. The quantitative estimate of drug-likeness (QED) is 0.269. The van der Waals surface area contributed by atoms with Gasteiger partial charge in [-0.1, -0.05) is 49.4 Å². The Morgan fingerprint density at radius 1 is 1.00 bits per heavy atom. The molecule has 0 spiro atoms. The zero-order valence-corrected chi connectivity index (χ0v) is 19.0. The van der Waals surface area contributed by atoms with Crippen LogP contribution in [0.3, 0.4) is 0 Å². The van der Waals surface area contributed by atoms with E-state index in [0.29, 0.717) is 0 Å². The number of rotatable bonds is 9.